The summed E-state index contributed by atoms with van der Waals surface area (Å²) in [6.07, 6.45) is 1.97. The summed E-state index contributed by atoms with van der Waals surface area (Å²) in [4.78, 5) is 0. The van der Waals surface area contributed by atoms with Crippen molar-refractivity contribution in [2.45, 2.75) is 50.9 Å². The largest absolute Gasteiger partial charge is 0.396 e. The average molecular weight is 230 g/mol. The van der Waals surface area contributed by atoms with Crippen LogP contribution in [0.5, 0.6) is 0 Å². The van der Waals surface area contributed by atoms with Gasteiger partial charge in [0.15, 0.2) is 0 Å². The van der Waals surface area contributed by atoms with Crippen LogP contribution >= 0.6 is 0 Å². The summed E-state index contributed by atoms with van der Waals surface area (Å²) >= 11 is 0. The van der Waals surface area contributed by atoms with Crippen molar-refractivity contribution < 1.29 is 20.1 Å². The molecule has 2 rings (SSSR count). The van der Waals surface area contributed by atoms with Crippen LogP contribution in [0.3, 0.4) is 0 Å². The minimum atomic E-state index is -0.837. The lowest BCUT2D eigenvalue weighted by Crippen LogP contribution is -2.34. The zero-order valence-electron chi connectivity index (χ0n) is 9.80. The van der Waals surface area contributed by atoms with Gasteiger partial charge in [-0.25, -0.2) is 0 Å². The molecule has 0 amide bonds. The predicted octanol–water partition coefficient (Wildman–Crippen LogP) is 0.296. The first-order valence-electron chi connectivity index (χ1n) is 6.26. The maximum absolute atomic E-state index is 9.95. The topological polar surface area (TPSA) is 69.9 Å². The molecule has 94 valence electrons. The first-order chi connectivity index (χ1) is 7.67. The van der Waals surface area contributed by atoms with Crippen LogP contribution in [0.25, 0.3) is 0 Å². The highest BCUT2D eigenvalue weighted by molar-refractivity contribution is 5.15. The first kappa shape index (κ1) is 12.3. The second-order valence-electron chi connectivity index (χ2n) is 5.15. The second-order valence-corrected chi connectivity index (χ2v) is 5.15. The molecule has 0 aromatic rings. The van der Waals surface area contributed by atoms with Gasteiger partial charge in [-0.05, 0) is 19.3 Å². The third-order valence-electron chi connectivity index (χ3n) is 4.20. The lowest BCUT2D eigenvalue weighted by atomic mass is 9.91. The van der Waals surface area contributed by atoms with E-state index in [2.05, 4.69) is 6.92 Å². The van der Waals surface area contributed by atoms with E-state index in [1.54, 1.807) is 0 Å². The van der Waals surface area contributed by atoms with Crippen molar-refractivity contribution in [1.82, 2.24) is 0 Å². The number of aliphatic hydroxyl groups excluding tert-OH is 3. The van der Waals surface area contributed by atoms with E-state index in [4.69, 9.17) is 4.74 Å². The number of hydrogen-bond donors (Lipinski definition) is 3. The highest BCUT2D eigenvalue weighted by Gasteiger charge is 2.66. The average Bonchev–Trinajstić information content (AvgIpc) is 3.02. The van der Waals surface area contributed by atoms with Crippen LogP contribution in [0, 0.1) is 11.3 Å². The summed E-state index contributed by atoms with van der Waals surface area (Å²) in [5.41, 5.74) is -0.151. The fourth-order valence-electron chi connectivity index (χ4n) is 3.02. The summed E-state index contributed by atoms with van der Waals surface area (Å²) in [6, 6.07) is 0. The molecule has 0 bridgehead atoms. The molecule has 1 spiro atoms. The molecule has 0 aromatic carbocycles. The minimum Gasteiger partial charge on any atom is -0.396 e. The van der Waals surface area contributed by atoms with Gasteiger partial charge >= 0.3 is 0 Å². The van der Waals surface area contributed by atoms with Crippen molar-refractivity contribution in [2.24, 2.45) is 11.3 Å². The Labute approximate surface area is 96.2 Å². The first-order valence-corrected chi connectivity index (χ1v) is 6.26. The van der Waals surface area contributed by atoms with Gasteiger partial charge in [-0.15, -0.1) is 0 Å². The molecule has 2 fully saturated rings. The maximum Gasteiger partial charge on any atom is 0.107 e. The highest BCUT2D eigenvalue weighted by Crippen LogP contribution is 2.62. The molecule has 2 aliphatic carbocycles. The third kappa shape index (κ3) is 1.78. The summed E-state index contributed by atoms with van der Waals surface area (Å²) in [7, 11) is 0. The van der Waals surface area contributed by atoms with E-state index in [1.807, 2.05) is 0 Å². The monoisotopic (exact) mass is 230 g/mol. The van der Waals surface area contributed by atoms with Crippen molar-refractivity contribution in [2.75, 3.05) is 13.2 Å². The van der Waals surface area contributed by atoms with Crippen LogP contribution in [0.15, 0.2) is 0 Å². The Kier molecular flexibility index (Phi) is 3.54. The van der Waals surface area contributed by atoms with Gasteiger partial charge in [0, 0.05) is 24.5 Å². The number of unbranched alkanes of at least 4 members (excludes halogenated alkanes) is 1. The van der Waals surface area contributed by atoms with Crippen molar-refractivity contribution in [3.63, 3.8) is 0 Å². The van der Waals surface area contributed by atoms with Gasteiger partial charge < -0.3 is 20.1 Å². The van der Waals surface area contributed by atoms with Crippen molar-refractivity contribution in [1.29, 1.82) is 0 Å². The summed E-state index contributed by atoms with van der Waals surface area (Å²) < 4.78 is 5.71. The zero-order chi connectivity index (χ0) is 11.8. The Morgan fingerprint density at radius 2 is 1.94 bits per heavy atom. The lowest BCUT2D eigenvalue weighted by Gasteiger charge is -2.24. The van der Waals surface area contributed by atoms with Crippen LogP contribution < -0.4 is 0 Å². The molecule has 4 atom stereocenters. The lowest BCUT2D eigenvalue weighted by molar-refractivity contribution is -0.0701. The Balaban J connectivity index is 2.01. The van der Waals surface area contributed by atoms with Gasteiger partial charge in [0.1, 0.15) is 6.10 Å². The molecule has 2 saturated carbocycles. The molecule has 0 saturated heterocycles. The molecule has 0 aromatic heterocycles. The Bertz CT molecular complexity index is 239. The molecule has 3 N–H and O–H groups in total. The van der Waals surface area contributed by atoms with Crippen LogP contribution in [-0.2, 0) is 4.74 Å². The molecule has 0 aliphatic heterocycles. The van der Waals surface area contributed by atoms with Gasteiger partial charge in [-0.2, -0.15) is 0 Å². The van der Waals surface area contributed by atoms with E-state index in [0.717, 1.165) is 25.7 Å². The standard InChI is InChI=1S/C12H22O4/c1-2-3-6-16-11-10(15)9(14)8(7-13)12(11)4-5-12/h8-11,13-15H,2-7H2,1H3/t8-,9?,10?,11-/m1/s1. The van der Waals surface area contributed by atoms with Crippen molar-refractivity contribution in [3.8, 4) is 0 Å². The predicted molar refractivity (Wildman–Crippen MR) is 58.9 cm³/mol. The third-order valence-corrected chi connectivity index (χ3v) is 4.20. The van der Waals surface area contributed by atoms with Crippen molar-refractivity contribution in [3.05, 3.63) is 0 Å². The molecule has 0 heterocycles. The quantitative estimate of drug-likeness (QED) is 0.594. The summed E-state index contributed by atoms with van der Waals surface area (Å²) in [5, 5.41) is 29.1. The van der Waals surface area contributed by atoms with Gasteiger partial charge in [-0.3, -0.25) is 0 Å². The number of rotatable bonds is 5. The van der Waals surface area contributed by atoms with Crippen LogP contribution in [0.2, 0.25) is 0 Å². The highest BCUT2D eigenvalue weighted by atomic mass is 16.5. The molecule has 16 heavy (non-hydrogen) atoms. The maximum atomic E-state index is 9.95. The van der Waals surface area contributed by atoms with E-state index < -0.39 is 12.2 Å². The van der Waals surface area contributed by atoms with E-state index in [-0.39, 0.29) is 24.0 Å². The normalized spacial score (nSPS) is 40.5. The van der Waals surface area contributed by atoms with E-state index in [0.29, 0.717) is 6.61 Å². The molecule has 4 nitrogen and oxygen atoms in total. The van der Waals surface area contributed by atoms with Crippen LogP contribution in [0.1, 0.15) is 32.6 Å². The number of ether oxygens (including phenoxy) is 1. The SMILES string of the molecule is CCCCO[C@@H]1C(O)C(O)[C@@H](CO)C12CC2. The fourth-order valence-corrected chi connectivity index (χ4v) is 3.02. The molecular weight excluding hydrogens is 208 g/mol. The zero-order valence-corrected chi connectivity index (χ0v) is 9.80. The van der Waals surface area contributed by atoms with Crippen LogP contribution in [-0.4, -0.2) is 46.8 Å². The Morgan fingerprint density at radius 3 is 2.44 bits per heavy atom. The molecule has 2 aliphatic rings. The van der Waals surface area contributed by atoms with E-state index in [9.17, 15) is 15.3 Å². The van der Waals surface area contributed by atoms with Gasteiger partial charge in [-0.1, -0.05) is 13.3 Å². The summed E-state index contributed by atoms with van der Waals surface area (Å²) in [6.45, 7) is 2.66. The van der Waals surface area contributed by atoms with E-state index >= 15 is 0 Å². The fraction of sp³-hybridized carbons (Fsp3) is 1.00. The van der Waals surface area contributed by atoms with E-state index in [1.165, 1.54) is 0 Å². The van der Waals surface area contributed by atoms with Crippen LogP contribution in [0.4, 0.5) is 0 Å². The molecule has 0 radical (unpaired) electrons. The molecule has 4 heteroatoms. The number of aliphatic hydroxyl groups is 3. The Morgan fingerprint density at radius 1 is 1.25 bits per heavy atom. The van der Waals surface area contributed by atoms with Gasteiger partial charge in [0.2, 0.25) is 0 Å². The minimum absolute atomic E-state index is 0.0636. The molecule has 2 unspecified atom stereocenters. The second kappa shape index (κ2) is 4.61. The summed E-state index contributed by atoms with van der Waals surface area (Å²) in [5.74, 6) is -0.214. The Hall–Kier alpha value is -0.160. The van der Waals surface area contributed by atoms with Crippen molar-refractivity contribution >= 4 is 0 Å². The smallest absolute Gasteiger partial charge is 0.107 e. The van der Waals surface area contributed by atoms with Gasteiger partial charge in [0.25, 0.3) is 0 Å². The molecular formula is C12H22O4. The van der Waals surface area contributed by atoms with Gasteiger partial charge in [0.05, 0.1) is 12.2 Å². The number of hydrogen-bond acceptors (Lipinski definition) is 4.